The summed E-state index contributed by atoms with van der Waals surface area (Å²) in [6.07, 6.45) is -0.549. The molecule has 8 nitrogen and oxygen atoms in total. The van der Waals surface area contributed by atoms with Gasteiger partial charge in [0.2, 0.25) is 11.6 Å². The summed E-state index contributed by atoms with van der Waals surface area (Å²) in [5.74, 6) is -4.13. The summed E-state index contributed by atoms with van der Waals surface area (Å²) in [6, 6.07) is 0. The van der Waals surface area contributed by atoms with E-state index in [0.29, 0.717) is 0 Å². The fourth-order valence-electron chi connectivity index (χ4n) is 0.761. The van der Waals surface area contributed by atoms with Crippen molar-refractivity contribution in [2.45, 2.75) is 19.3 Å². The van der Waals surface area contributed by atoms with Gasteiger partial charge in [0.15, 0.2) is 0 Å². The minimum atomic E-state index is -1.17. The largest absolute Gasteiger partial charge is 0.310 e. The molecule has 0 aliphatic heterocycles. The van der Waals surface area contributed by atoms with Crippen LogP contribution in [-0.2, 0) is 19.2 Å². The quantitative estimate of drug-likeness (QED) is 0.239. The number of carbonyl (C=O) groups excluding carboxylic acids is 4. The number of carbonyl (C=O) groups is 4. The molecule has 0 aliphatic carbocycles. The van der Waals surface area contributed by atoms with Crippen molar-refractivity contribution in [3.63, 3.8) is 0 Å². The number of hydrogen-bond acceptors (Lipinski definition) is 6. The lowest BCUT2D eigenvalue weighted by atomic mass is 10.1. The van der Waals surface area contributed by atoms with E-state index in [0.717, 1.165) is 11.0 Å². The minimum Gasteiger partial charge on any atom is -0.289 e. The number of amides is 2. The van der Waals surface area contributed by atoms with Crippen molar-refractivity contribution in [3.05, 3.63) is 0 Å². The van der Waals surface area contributed by atoms with Crippen LogP contribution in [0.5, 0.6) is 0 Å². The highest BCUT2D eigenvalue weighted by atomic mass is 16.5. The molecule has 0 heterocycles. The van der Waals surface area contributed by atoms with Crippen LogP contribution in [-0.4, -0.2) is 33.8 Å². The zero-order chi connectivity index (χ0) is 11.8. The summed E-state index contributed by atoms with van der Waals surface area (Å²) in [5.41, 5.74) is 2.29. The van der Waals surface area contributed by atoms with Crippen molar-refractivity contribution in [2.24, 2.45) is 0 Å². The van der Waals surface area contributed by atoms with Gasteiger partial charge in [0.25, 0.3) is 0 Å². The first-order valence-electron chi connectivity index (χ1n) is 3.97. The highest BCUT2D eigenvalue weighted by Gasteiger charge is 2.15. The van der Waals surface area contributed by atoms with Crippen LogP contribution in [0.25, 0.3) is 0 Å². The van der Waals surface area contributed by atoms with E-state index >= 15 is 0 Å². The molecule has 8 heteroatoms. The molecule has 84 valence electrons. The smallest absolute Gasteiger partial charge is 0.289 e. The van der Waals surface area contributed by atoms with Gasteiger partial charge in [-0.2, -0.15) is 0 Å². The van der Waals surface area contributed by atoms with E-state index in [4.69, 9.17) is 10.4 Å². The number of rotatable bonds is 6. The van der Waals surface area contributed by atoms with Gasteiger partial charge in [0, 0.05) is 12.8 Å². The summed E-state index contributed by atoms with van der Waals surface area (Å²) in [6.45, 7) is 0. The Balaban J connectivity index is 3.80. The molecule has 0 bridgehead atoms. The molecule has 0 aliphatic rings. The van der Waals surface area contributed by atoms with E-state index in [1.165, 1.54) is 0 Å². The summed E-state index contributed by atoms with van der Waals surface area (Å²) in [5, 5.41) is 16.1. The molecule has 4 N–H and O–H groups in total. The molecule has 0 rings (SSSR count). The Bertz CT molecular complexity index is 259. The Morgan fingerprint density at radius 1 is 0.800 bits per heavy atom. The first-order chi connectivity index (χ1) is 7.02. The van der Waals surface area contributed by atoms with Gasteiger partial charge in [0.1, 0.15) is 0 Å². The molecule has 0 saturated heterocycles. The Hall–Kier alpha value is -1.80. The molecular formula is C7H10N2O6. The molecule has 0 aromatic carbocycles. The lowest BCUT2D eigenvalue weighted by molar-refractivity contribution is -0.144. The predicted octanol–water partition coefficient (Wildman–Crippen LogP) is -1.69. The average Bonchev–Trinajstić information content (AvgIpc) is 2.26. The van der Waals surface area contributed by atoms with Gasteiger partial charge < -0.3 is 0 Å². The summed E-state index contributed by atoms with van der Waals surface area (Å²) < 4.78 is 0. The van der Waals surface area contributed by atoms with Crippen molar-refractivity contribution in [1.29, 1.82) is 0 Å². The molecular weight excluding hydrogens is 208 g/mol. The fraction of sp³-hybridized carbons (Fsp3) is 0.429. The molecule has 0 unspecified atom stereocenters. The Morgan fingerprint density at radius 3 is 1.40 bits per heavy atom. The number of hydroxylamine groups is 2. The molecule has 0 aromatic rings. The van der Waals surface area contributed by atoms with Crippen LogP contribution in [0.15, 0.2) is 0 Å². The first-order valence-corrected chi connectivity index (χ1v) is 3.97. The second-order valence-electron chi connectivity index (χ2n) is 2.58. The third-order valence-electron chi connectivity index (χ3n) is 1.52. The summed E-state index contributed by atoms with van der Waals surface area (Å²) >= 11 is 0. The monoisotopic (exact) mass is 218 g/mol. The van der Waals surface area contributed by atoms with Gasteiger partial charge in [-0.25, -0.2) is 11.0 Å². The fourth-order valence-corrected chi connectivity index (χ4v) is 0.761. The van der Waals surface area contributed by atoms with E-state index in [1.807, 2.05) is 0 Å². The van der Waals surface area contributed by atoms with Crippen LogP contribution < -0.4 is 11.0 Å². The zero-order valence-corrected chi connectivity index (χ0v) is 7.65. The van der Waals surface area contributed by atoms with Crippen LogP contribution >= 0.6 is 0 Å². The maximum atomic E-state index is 10.8. The zero-order valence-electron chi connectivity index (χ0n) is 7.65. The summed E-state index contributed by atoms with van der Waals surface area (Å²) in [7, 11) is 0. The molecule has 0 fully saturated rings. The van der Waals surface area contributed by atoms with Crippen molar-refractivity contribution < 1.29 is 29.6 Å². The van der Waals surface area contributed by atoms with E-state index < -0.39 is 23.4 Å². The molecule has 0 radical (unpaired) electrons. The van der Waals surface area contributed by atoms with E-state index in [-0.39, 0.29) is 19.3 Å². The lowest BCUT2D eigenvalue weighted by Crippen LogP contribution is -2.29. The van der Waals surface area contributed by atoms with Crippen LogP contribution in [0.4, 0.5) is 0 Å². The maximum absolute atomic E-state index is 10.8. The maximum Gasteiger partial charge on any atom is 0.310 e. The molecule has 0 aromatic heterocycles. The van der Waals surface area contributed by atoms with Gasteiger partial charge in [-0.05, 0) is 6.42 Å². The third-order valence-corrected chi connectivity index (χ3v) is 1.52. The molecule has 0 atom stereocenters. The highest BCUT2D eigenvalue weighted by Crippen LogP contribution is 1.98. The summed E-state index contributed by atoms with van der Waals surface area (Å²) in [4.78, 5) is 42.4. The molecule has 15 heavy (non-hydrogen) atoms. The standard InChI is InChI=1S/C7H10N2O6/c10-4(6(12)8-14)2-1-3-5(11)7(13)9-15/h14-15H,1-3H2,(H,8,12)(H,9,13). The van der Waals surface area contributed by atoms with Crippen LogP contribution in [0.1, 0.15) is 19.3 Å². The highest BCUT2D eigenvalue weighted by molar-refractivity contribution is 6.37. The topological polar surface area (TPSA) is 133 Å². The van der Waals surface area contributed by atoms with Crippen molar-refractivity contribution in [3.8, 4) is 0 Å². The Kier molecular flexibility index (Phi) is 5.83. The first kappa shape index (κ1) is 13.2. The van der Waals surface area contributed by atoms with Gasteiger partial charge in [-0.1, -0.05) is 0 Å². The molecule has 0 spiro atoms. The van der Waals surface area contributed by atoms with Crippen molar-refractivity contribution >= 4 is 23.4 Å². The Morgan fingerprint density at radius 2 is 1.13 bits per heavy atom. The third kappa shape index (κ3) is 4.84. The van der Waals surface area contributed by atoms with E-state index in [2.05, 4.69) is 0 Å². The van der Waals surface area contributed by atoms with Gasteiger partial charge >= 0.3 is 11.8 Å². The second kappa shape index (κ2) is 6.62. The lowest BCUT2D eigenvalue weighted by Gasteiger charge is -1.98. The van der Waals surface area contributed by atoms with Gasteiger partial charge in [-0.3, -0.25) is 29.6 Å². The predicted molar refractivity (Wildman–Crippen MR) is 43.7 cm³/mol. The van der Waals surface area contributed by atoms with E-state index in [1.54, 1.807) is 0 Å². The van der Waals surface area contributed by atoms with Gasteiger partial charge in [-0.15, -0.1) is 0 Å². The normalized spacial score (nSPS) is 9.20. The second-order valence-corrected chi connectivity index (χ2v) is 2.58. The van der Waals surface area contributed by atoms with Crippen molar-refractivity contribution in [2.75, 3.05) is 0 Å². The Labute approximate surface area is 84.2 Å². The average molecular weight is 218 g/mol. The van der Waals surface area contributed by atoms with Gasteiger partial charge in [0.05, 0.1) is 0 Å². The molecule has 2 amide bonds. The molecule has 0 saturated carbocycles. The number of nitrogens with one attached hydrogen (secondary N) is 2. The SMILES string of the molecule is O=C(CCCC(=O)C(=O)NO)C(=O)NO. The minimum absolute atomic E-state index is 0.0154. The number of Topliss-reactive ketones (excluding diaryl/α,β-unsaturated/α-hetero) is 2. The number of ketones is 2. The number of hydrogen-bond donors (Lipinski definition) is 4. The van der Waals surface area contributed by atoms with Crippen LogP contribution in [0, 0.1) is 0 Å². The van der Waals surface area contributed by atoms with Crippen molar-refractivity contribution in [1.82, 2.24) is 11.0 Å². The van der Waals surface area contributed by atoms with E-state index in [9.17, 15) is 19.2 Å². The van der Waals surface area contributed by atoms with Crippen LogP contribution in [0.2, 0.25) is 0 Å². The van der Waals surface area contributed by atoms with Crippen LogP contribution in [0.3, 0.4) is 0 Å².